The van der Waals surface area contributed by atoms with Gasteiger partial charge < -0.3 is 97.7 Å². The predicted molar refractivity (Wildman–Crippen MR) is 419 cm³/mol. The van der Waals surface area contributed by atoms with Crippen molar-refractivity contribution in [2.24, 2.45) is 0 Å². The molecule has 88 heavy (non-hydrogen) atoms. The SMILES string of the molecule is C.C.C.C.C.C.C.C.C.C.CCO[Si](C)(C)O[Si](C)(C)O[Si](C)(C)O[Si](C)(C)OCC.CO[Si](CC[Si](C)(C)O[Si](C)(C)CO)(OC)OC.CO[Si](OC)(OC)O[Si](C)(C)C.CO[Si](OC)(OC)O[Si](C)(O[Si](C)(C)C)O[Si](C)(C)C.C[Si](C)(C)C.O.O. The molecule has 0 unspecified atom stereocenters. The van der Waals surface area contributed by atoms with Crippen LogP contribution in [0.5, 0.6) is 0 Å². The van der Waals surface area contributed by atoms with Crippen molar-refractivity contribution in [1.82, 2.24) is 0 Å². The fourth-order valence-electron chi connectivity index (χ4n) is 6.94. The van der Waals surface area contributed by atoms with Gasteiger partial charge in [-0.05, 0) is 157 Å². The highest BCUT2D eigenvalue weighted by molar-refractivity contribution is 6.89. The largest absolute Gasteiger partial charge is 0.671 e. The minimum Gasteiger partial charge on any atom is -0.454 e. The lowest BCUT2D eigenvalue weighted by molar-refractivity contribution is 0.0291. The van der Waals surface area contributed by atoms with Crippen molar-refractivity contribution < 1.29 is 97.7 Å². The molecule has 36 heteroatoms. The first-order valence-electron chi connectivity index (χ1n) is 26.1. The molecular weight excluding hydrogens is 1370 g/mol. The van der Waals surface area contributed by atoms with E-state index in [0.717, 1.165) is 12.1 Å². The molecule has 0 aromatic rings. The molecule has 0 amide bonds. The van der Waals surface area contributed by atoms with Gasteiger partial charge in [-0.25, -0.2) is 0 Å². The third-order valence-electron chi connectivity index (χ3n) is 8.58. The minimum atomic E-state index is -3.20. The fraction of sp³-hybridized carbons (Fsp3) is 1.00. The summed E-state index contributed by atoms with van der Waals surface area (Å²) in [6.07, 6.45) is 0.158. The Hall–Kier alpha value is 2.16. The Morgan fingerprint density at radius 1 is 0.273 bits per heavy atom. The van der Waals surface area contributed by atoms with Gasteiger partial charge in [0, 0.05) is 97.9 Å². The molecule has 0 radical (unpaired) electrons. The second-order valence-corrected chi connectivity index (χ2v) is 79.3. The van der Waals surface area contributed by atoms with Gasteiger partial charge in [-0.2, -0.15) is 0 Å². The molecule has 0 aliphatic carbocycles. The number of hydrogen-bond acceptors (Lipinski definition) is 20. The highest BCUT2D eigenvalue weighted by Gasteiger charge is 2.55. The highest BCUT2D eigenvalue weighted by atomic mass is 28.5. The van der Waals surface area contributed by atoms with Crippen LogP contribution >= 0.6 is 0 Å². The van der Waals surface area contributed by atoms with E-state index >= 15 is 0 Å². The maximum Gasteiger partial charge on any atom is 0.671 e. The maximum absolute atomic E-state index is 9.32. The quantitative estimate of drug-likeness (QED) is 0.0599. The van der Waals surface area contributed by atoms with Crippen LogP contribution in [0.2, 0.25) is 182 Å². The lowest BCUT2D eigenvalue weighted by Gasteiger charge is -2.40. The number of rotatable bonds is 33. The zero-order valence-electron chi connectivity index (χ0n) is 56.7. The topological polar surface area (TPSA) is 259 Å². The standard InChI is InChI=1S/C12H34O5Si4.C10H30O6Si4.C10H28O5Si3.C6H18O4Si2.C4H12Si.10CH4.2H2O/c1-11-13-18(3,4)15-20(7,8)17-21(9,10)16-19(5,6)14-12-2;1-11-20(12-2,13-3)16-19(10,14-17(4,5)6)15-18(7,8)9;1-12-18(13-2,14-3)9-8-16(4,5)15-17(6,7)10-11;1-7-12(8-2,9-3)10-11(4,5)6;1-5(2,3)4;;;;;;;;;;;;/h11-12H2,1-10H3;1-10H3;11H,8-10H2,1-7H3;1-6H3;1-4H3;10*1H4;2*1H2. The van der Waals surface area contributed by atoms with Crippen LogP contribution < -0.4 is 0 Å². The monoisotopic (exact) mass is 1530 g/mol. The van der Waals surface area contributed by atoms with Crippen LogP contribution in [0.4, 0.5) is 0 Å². The average molecular weight is 1540 g/mol. The first-order valence-corrected chi connectivity index (χ1v) is 65.2. The van der Waals surface area contributed by atoms with Gasteiger partial charge >= 0.3 is 69.9 Å². The van der Waals surface area contributed by atoms with Crippen LogP contribution in [0.25, 0.3) is 0 Å². The van der Waals surface area contributed by atoms with Crippen molar-refractivity contribution in [1.29, 1.82) is 0 Å². The molecule has 0 aliphatic rings. The molecule has 0 spiro atoms. The van der Waals surface area contributed by atoms with Gasteiger partial charge in [-0.3, -0.25) is 0 Å². The van der Waals surface area contributed by atoms with E-state index in [-0.39, 0.29) is 91.4 Å². The zero-order valence-corrected chi connectivity index (χ0v) is 70.7. The fourth-order valence-corrected chi connectivity index (χ4v) is 53.8. The van der Waals surface area contributed by atoms with E-state index in [1.54, 1.807) is 42.7 Å². The van der Waals surface area contributed by atoms with Crippen LogP contribution in [0.1, 0.15) is 88.1 Å². The van der Waals surface area contributed by atoms with Crippen LogP contribution in [0, 0.1) is 0 Å². The van der Waals surface area contributed by atoms with Gasteiger partial charge in [-0.15, -0.1) is 0 Å². The van der Waals surface area contributed by atoms with E-state index in [9.17, 15) is 5.11 Å². The summed E-state index contributed by atoms with van der Waals surface area (Å²) in [6, 6.07) is 1.66. The molecule has 0 atom stereocenters. The molecule has 0 aromatic carbocycles. The summed E-state index contributed by atoms with van der Waals surface area (Å²) in [6.45, 7) is 60.2. The molecule has 0 saturated heterocycles. The van der Waals surface area contributed by atoms with Crippen molar-refractivity contribution >= 4 is 120 Å². The number of hydrogen-bond donors (Lipinski definition) is 1. The maximum atomic E-state index is 9.32. The Kier molecular flexibility index (Phi) is 86.9. The molecule has 562 valence electrons. The third kappa shape index (κ3) is 74.0. The van der Waals surface area contributed by atoms with E-state index < -0.39 is 120 Å². The Morgan fingerprint density at radius 2 is 0.500 bits per heavy atom. The Morgan fingerprint density at radius 3 is 0.682 bits per heavy atom. The molecule has 0 aromatic heterocycles. The molecule has 22 nitrogen and oxygen atoms in total. The molecule has 0 rings (SSSR count). The normalized spacial score (nSPS) is 12.2. The predicted octanol–water partition coefficient (Wildman–Crippen LogP) is 16.3. The van der Waals surface area contributed by atoms with E-state index in [2.05, 4.69) is 151 Å². The van der Waals surface area contributed by atoms with E-state index in [1.165, 1.54) is 21.3 Å². The number of aliphatic hydroxyl groups excluding tert-OH is 1. The zero-order chi connectivity index (χ0) is 62.0. The molecular formula is C52H166O22Si14. The third-order valence-corrected chi connectivity index (χ3v) is 49.0. The Bertz CT molecular complexity index is 1420. The first-order chi connectivity index (χ1) is 33.6. The highest BCUT2D eigenvalue weighted by Crippen LogP contribution is 2.28. The van der Waals surface area contributed by atoms with Gasteiger partial charge in [0.15, 0.2) is 41.6 Å². The summed E-state index contributed by atoms with van der Waals surface area (Å²) in [7, 11) is -15.9. The first kappa shape index (κ1) is 134. The van der Waals surface area contributed by atoms with E-state index in [4.69, 9.17) is 81.6 Å². The van der Waals surface area contributed by atoms with Crippen molar-refractivity contribution in [2.45, 2.75) is 270 Å². The average Bonchev–Trinajstić information content (AvgIpc) is 3.19. The molecule has 0 aliphatic heterocycles. The molecule has 5 N–H and O–H groups in total. The summed E-state index contributed by atoms with van der Waals surface area (Å²) in [5, 5.41) is 9.32. The van der Waals surface area contributed by atoms with Crippen molar-refractivity contribution in [3.05, 3.63) is 0 Å². The van der Waals surface area contributed by atoms with Crippen molar-refractivity contribution in [2.75, 3.05) is 83.4 Å². The summed E-state index contributed by atoms with van der Waals surface area (Å²) in [5.74, 6) is 0. The summed E-state index contributed by atoms with van der Waals surface area (Å²) < 4.78 is 108. The van der Waals surface area contributed by atoms with E-state index in [0.29, 0.717) is 13.2 Å². The minimum absolute atomic E-state index is 0. The second-order valence-electron chi connectivity index (χ2n) is 25.2. The summed E-state index contributed by atoms with van der Waals surface area (Å²) in [4.78, 5) is 0. The molecule has 0 bridgehead atoms. The van der Waals surface area contributed by atoms with Gasteiger partial charge in [-0.1, -0.05) is 100 Å². The van der Waals surface area contributed by atoms with Crippen LogP contribution in [0.15, 0.2) is 0 Å². The summed E-state index contributed by atoms with van der Waals surface area (Å²) in [5.41, 5.74) is 0. The van der Waals surface area contributed by atoms with Gasteiger partial charge in [0.2, 0.25) is 0 Å². The molecule has 0 heterocycles. The van der Waals surface area contributed by atoms with Crippen molar-refractivity contribution in [3.8, 4) is 0 Å². The van der Waals surface area contributed by atoms with Crippen LogP contribution in [-0.2, 0) is 81.6 Å². The van der Waals surface area contributed by atoms with Gasteiger partial charge in [0.05, 0.1) is 6.23 Å². The lowest BCUT2D eigenvalue weighted by atomic mass is 10.9. The van der Waals surface area contributed by atoms with Crippen LogP contribution in [0.3, 0.4) is 0 Å². The van der Waals surface area contributed by atoms with E-state index in [1.807, 2.05) is 33.5 Å². The summed E-state index contributed by atoms with van der Waals surface area (Å²) >= 11 is 0. The lowest BCUT2D eigenvalue weighted by Crippen LogP contribution is -2.62. The Balaban J connectivity index is -0.0000000480. The van der Waals surface area contributed by atoms with Gasteiger partial charge in [0.25, 0.3) is 0 Å². The molecule has 0 fully saturated rings. The number of aliphatic hydroxyl groups is 1. The van der Waals surface area contributed by atoms with Gasteiger partial charge in [0.1, 0.15) is 0 Å². The Labute approximate surface area is 567 Å². The second kappa shape index (κ2) is 57.1. The molecule has 0 saturated carbocycles. The van der Waals surface area contributed by atoms with Crippen LogP contribution in [-0.4, -0.2) is 219 Å². The smallest absolute Gasteiger partial charge is 0.454 e. The van der Waals surface area contributed by atoms with Crippen molar-refractivity contribution in [3.63, 3.8) is 0 Å².